The Morgan fingerprint density at radius 1 is 1.45 bits per heavy atom. The number of hydrogen-bond acceptors (Lipinski definition) is 4. The maximum atomic E-state index is 12.3. The molecule has 1 aromatic rings. The summed E-state index contributed by atoms with van der Waals surface area (Å²) in [4.78, 5) is 12.3. The molecule has 0 radical (unpaired) electrons. The SMILES string of the molecule is CSC1CCCC1NC(=O)c1cccc(/C(N)=N/O)c1. The molecule has 0 saturated heterocycles. The van der Waals surface area contributed by atoms with Gasteiger partial charge in [-0.25, -0.2) is 0 Å². The van der Waals surface area contributed by atoms with Gasteiger partial charge in [-0.05, 0) is 31.2 Å². The van der Waals surface area contributed by atoms with Crippen molar-refractivity contribution in [2.75, 3.05) is 6.26 Å². The van der Waals surface area contributed by atoms with Crippen LogP contribution in [0.2, 0.25) is 0 Å². The Hall–Kier alpha value is -1.69. The molecule has 2 rings (SSSR count). The van der Waals surface area contributed by atoms with Gasteiger partial charge in [0.05, 0.1) is 0 Å². The number of carbonyl (C=O) groups excluding carboxylic acids is 1. The average Bonchev–Trinajstić information content (AvgIpc) is 2.93. The van der Waals surface area contributed by atoms with Crippen LogP contribution in [0.5, 0.6) is 0 Å². The van der Waals surface area contributed by atoms with E-state index < -0.39 is 0 Å². The van der Waals surface area contributed by atoms with E-state index >= 15 is 0 Å². The molecule has 0 aromatic heterocycles. The van der Waals surface area contributed by atoms with Gasteiger partial charge in [0.25, 0.3) is 5.91 Å². The number of thioether (sulfide) groups is 1. The summed E-state index contributed by atoms with van der Waals surface area (Å²) in [7, 11) is 0. The Kier molecular flexibility index (Phi) is 4.89. The molecule has 0 heterocycles. The maximum absolute atomic E-state index is 12.3. The molecule has 1 saturated carbocycles. The number of benzene rings is 1. The number of amidine groups is 1. The molecule has 0 aliphatic heterocycles. The van der Waals surface area contributed by atoms with Crippen molar-refractivity contribution in [1.82, 2.24) is 5.32 Å². The number of carbonyl (C=O) groups is 1. The Balaban J connectivity index is 2.09. The Labute approximate surface area is 122 Å². The third kappa shape index (κ3) is 3.25. The number of oxime groups is 1. The molecule has 1 aliphatic rings. The summed E-state index contributed by atoms with van der Waals surface area (Å²) >= 11 is 1.80. The molecular formula is C14H19N3O2S. The lowest BCUT2D eigenvalue weighted by atomic mass is 10.1. The van der Waals surface area contributed by atoms with Crippen LogP contribution in [-0.2, 0) is 0 Å². The molecule has 1 fully saturated rings. The molecule has 2 unspecified atom stereocenters. The average molecular weight is 293 g/mol. The van der Waals surface area contributed by atoms with Gasteiger partial charge in [0.1, 0.15) is 0 Å². The predicted octanol–water partition coefficient (Wildman–Crippen LogP) is 1.80. The fourth-order valence-electron chi connectivity index (χ4n) is 2.50. The lowest BCUT2D eigenvalue weighted by molar-refractivity contribution is 0.0938. The Morgan fingerprint density at radius 3 is 2.90 bits per heavy atom. The highest BCUT2D eigenvalue weighted by atomic mass is 32.2. The Bertz CT molecular complexity index is 519. The van der Waals surface area contributed by atoms with Crippen molar-refractivity contribution in [2.45, 2.75) is 30.6 Å². The van der Waals surface area contributed by atoms with Crippen LogP contribution in [0.15, 0.2) is 29.4 Å². The molecule has 2 atom stereocenters. The second kappa shape index (κ2) is 6.65. The largest absolute Gasteiger partial charge is 0.409 e. The first-order chi connectivity index (χ1) is 9.65. The first kappa shape index (κ1) is 14.7. The standard InChI is InChI=1S/C14H19N3O2S/c1-20-12-7-3-6-11(12)16-14(18)10-5-2-4-9(8-10)13(15)17-19/h2,4-5,8,11-12,19H,3,6-7H2,1H3,(H2,15,17)(H,16,18). The van der Waals surface area contributed by atoms with Gasteiger partial charge in [-0.15, -0.1) is 0 Å². The van der Waals surface area contributed by atoms with Crippen LogP contribution in [-0.4, -0.2) is 34.5 Å². The van der Waals surface area contributed by atoms with Gasteiger partial charge in [0.2, 0.25) is 0 Å². The van der Waals surface area contributed by atoms with E-state index in [1.54, 1.807) is 36.0 Å². The lowest BCUT2D eigenvalue weighted by Crippen LogP contribution is -2.38. The van der Waals surface area contributed by atoms with E-state index in [4.69, 9.17) is 10.9 Å². The zero-order chi connectivity index (χ0) is 14.5. The van der Waals surface area contributed by atoms with Crippen molar-refractivity contribution in [3.63, 3.8) is 0 Å². The highest BCUT2D eigenvalue weighted by Gasteiger charge is 2.28. The summed E-state index contributed by atoms with van der Waals surface area (Å²) in [6.07, 6.45) is 5.40. The topological polar surface area (TPSA) is 87.7 Å². The van der Waals surface area contributed by atoms with Crippen molar-refractivity contribution < 1.29 is 10.0 Å². The molecule has 0 spiro atoms. The molecule has 6 heteroatoms. The predicted molar refractivity (Wildman–Crippen MR) is 81.4 cm³/mol. The molecule has 20 heavy (non-hydrogen) atoms. The summed E-state index contributed by atoms with van der Waals surface area (Å²) in [5.74, 6) is -0.106. The van der Waals surface area contributed by atoms with Gasteiger partial charge in [0.15, 0.2) is 5.84 Å². The third-order valence-electron chi connectivity index (χ3n) is 3.60. The highest BCUT2D eigenvalue weighted by Crippen LogP contribution is 2.28. The van der Waals surface area contributed by atoms with Gasteiger partial charge in [-0.2, -0.15) is 11.8 Å². The monoisotopic (exact) mass is 293 g/mol. The van der Waals surface area contributed by atoms with Crippen molar-refractivity contribution in [3.05, 3.63) is 35.4 Å². The fraction of sp³-hybridized carbons (Fsp3) is 0.429. The lowest BCUT2D eigenvalue weighted by Gasteiger charge is -2.19. The van der Waals surface area contributed by atoms with Crippen LogP contribution < -0.4 is 11.1 Å². The number of nitrogens with two attached hydrogens (primary N) is 1. The van der Waals surface area contributed by atoms with E-state index in [-0.39, 0.29) is 17.8 Å². The molecular weight excluding hydrogens is 274 g/mol. The highest BCUT2D eigenvalue weighted by molar-refractivity contribution is 7.99. The van der Waals surface area contributed by atoms with Crippen LogP contribution in [0.4, 0.5) is 0 Å². The minimum absolute atomic E-state index is 0.00232. The van der Waals surface area contributed by atoms with Crippen molar-refractivity contribution in [1.29, 1.82) is 0 Å². The summed E-state index contributed by atoms with van der Waals surface area (Å²) in [5.41, 5.74) is 6.60. The summed E-state index contributed by atoms with van der Waals surface area (Å²) in [6, 6.07) is 7.01. The minimum atomic E-state index is -0.108. The first-order valence-corrected chi connectivity index (χ1v) is 7.86. The molecule has 1 aromatic carbocycles. The summed E-state index contributed by atoms with van der Waals surface area (Å²) < 4.78 is 0. The smallest absolute Gasteiger partial charge is 0.251 e. The number of rotatable bonds is 4. The van der Waals surface area contributed by atoms with Crippen molar-refractivity contribution in [2.24, 2.45) is 10.9 Å². The van der Waals surface area contributed by atoms with E-state index in [0.717, 1.165) is 19.3 Å². The van der Waals surface area contributed by atoms with Crippen LogP contribution in [0.3, 0.4) is 0 Å². The second-order valence-electron chi connectivity index (χ2n) is 4.85. The fourth-order valence-corrected chi connectivity index (χ4v) is 3.44. The zero-order valence-corrected chi connectivity index (χ0v) is 12.2. The Morgan fingerprint density at radius 2 is 2.20 bits per heavy atom. The number of nitrogens with one attached hydrogen (secondary N) is 1. The summed E-state index contributed by atoms with van der Waals surface area (Å²) in [6.45, 7) is 0. The number of hydrogen-bond donors (Lipinski definition) is 3. The molecule has 4 N–H and O–H groups in total. The van der Waals surface area contributed by atoms with Crippen LogP contribution in [0.1, 0.15) is 35.2 Å². The van der Waals surface area contributed by atoms with Crippen molar-refractivity contribution >= 4 is 23.5 Å². The van der Waals surface area contributed by atoms with Gasteiger partial charge in [0, 0.05) is 22.4 Å². The van der Waals surface area contributed by atoms with Gasteiger partial charge in [-0.3, -0.25) is 4.79 Å². The second-order valence-corrected chi connectivity index (χ2v) is 5.93. The maximum Gasteiger partial charge on any atom is 0.251 e. The normalized spacial score (nSPS) is 22.8. The van der Waals surface area contributed by atoms with Crippen LogP contribution >= 0.6 is 11.8 Å². The van der Waals surface area contributed by atoms with Crippen LogP contribution in [0.25, 0.3) is 0 Å². The van der Waals surface area contributed by atoms with Gasteiger partial charge in [-0.1, -0.05) is 23.7 Å². The van der Waals surface area contributed by atoms with Gasteiger partial charge >= 0.3 is 0 Å². The number of nitrogens with zero attached hydrogens (tertiary/aromatic N) is 1. The molecule has 5 nitrogen and oxygen atoms in total. The molecule has 1 amide bonds. The molecule has 1 aliphatic carbocycles. The first-order valence-electron chi connectivity index (χ1n) is 6.57. The quantitative estimate of drug-likeness (QED) is 0.342. The zero-order valence-electron chi connectivity index (χ0n) is 11.4. The number of amides is 1. The summed E-state index contributed by atoms with van der Waals surface area (Å²) in [5, 5.41) is 15.2. The van der Waals surface area contributed by atoms with E-state index in [2.05, 4.69) is 16.7 Å². The van der Waals surface area contributed by atoms with E-state index in [1.807, 2.05) is 0 Å². The van der Waals surface area contributed by atoms with E-state index in [1.165, 1.54) is 0 Å². The molecule has 108 valence electrons. The van der Waals surface area contributed by atoms with E-state index in [0.29, 0.717) is 16.4 Å². The molecule has 0 bridgehead atoms. The minimum Gasteiger partial charge on any atom is -0.409 e. The van der Waals surface area contributed by atoms with E-state index in [9.17, 15) is 4.79 Å². The van der Waals surface area contributed by atoms with Crippen molar-refractivity contribution in [3.8, 4) is 0 Å². The van der Waals surface area contributed by atoms with Gasteiger partial charge < -0.3 is 16.3 Å². The third-order valence-corrected chi connectivity index (χ3v) is 4.77. The van der Waals surface area contributed by atoms with Crippen LogP contribution in [0, 0.1) is 0 Å².